The van der Waals surface area contributed by atoms with Gasteiger partial charge in [-0.1, -0.05) is 30.3 Å². The molecular formula is C26H33NO5S. The van der Waals surface area contributed by atoms with E-state index in [1.54, 1.807) is 7.11 Å². The number of aliphatic hydroxyl groups is 1. The summed E-state index contributed by atoms with van der Waals surface area (Å²) < 4.78 is 15.2. The molecule has 0 aromatic heterocycles. The number of methoxy groups -OCH3 is 2. The highest BCUT2D eigenvalue weighted by Crippen LogP contribution is 2.47. The van der Waals surface area contributed by atoms with Crippen molar-refractivity contribution in [3.63, 3.8) is 0 Å². The van der Waals surface area contributed by atoms with Gasteiger partial charge in [0.05, 0.1) is 19.1 Å². The zero-order chi connectivity index (χ0) is 23.3. The molecule has 2 atom stereocenters. The van der Waals surface area contributed by atoms with Crippen LogP contribution in [0.3, 0.4) is 0 Å². The Kier molecular flexibility index (Phi) is 7.83. The molecule has 0 aliphatic carbocycles. The molecule has 2 unspecified atom stereocenters. The SMILES string of the molecule is COC(=O)C1(CCCN2CCC(c3ccccc3)CC2)Sc2cc(OC)ccc2OCC1O. The third kappa shape index (κ3) is 5.31. The highest BCUT2D eigenvalue weighted by molar-refractivity contribution is 8.01. The second-order valence-electron chi connectivity index (χ2n) is 8.75. The number of piperidine rings is 1. The number of carbonyl (C=O) groups excluding carboxylic acids is 1. The number of nitrogens with zero attached hydrogens (tertiary/aromatic N) is 1. The van der Waals surface area contributed by atoms with E-state index in [1.165, 1.54) is 24.4 Å². The Morgan fingerprint density at radius 2 is 1.94 bits per heavy atom. The summed E-state index contributed by atoms with van der Waals surface area (Å²) in [6.07, 6.45) is 2.60. The first kappa shape index (κ1) is 23.9. The Morgan fingerprint density at radius 3 is 2.64 bits per heavy atom. The fourth-order valence-corrected chi connectivity index (χ4v) is 6.24. The number of esters is 1. The second kappa shape index (κ2) is 10.8. The first-order valence-electron chi connectivity index (χ1n) is 11.6. The summed E-state index contributed by atoms with van der Waals surface area (Å²) in [5.41, 5.74) is 1.42. The lowest BCUT2D eigenvalue weighted by Crippen LogP contribution is -2.49. The van der Waals surface area contributed by atoms with Crippen molar-refractivity contribution in [2.24, 2.45) is 0 Å². The molecule has 0 bridgehead atoms. The zero-order valence-electron chi connectivity index (χ0n) is 19.4. The summed E-state index contributed by atoms with van der Waals surface area (Å²) in [6.45, 7) is 3.02. The maximum atomic E-state index is 13.0. The average molecular weight is 472 g/mol. The van der Waals surface area contributed by atoms with Crippen molar-refractivity contribution >= 4 is 17.7 Å². The van der Waals surface area contributed by atoms with Gasteiger partial charge >= 0.3 is 5.97 Å². The summed E-state index contributed by atoms with van der Waals surface area (Å²) in [5.74, 6) is 1.53. The summed E-state index contributed by atoms with van der Waals surface area (Å²) in [4.78, 5) is 16.2. The summed E-state index contributed by atoms with van der Waals surface area (Å²) >= 11 is 1.33. The number of likely N-dealkylation sites (tertiary alicyclic amines) is 1. The van der Waals surface area contributed by atoms with Crippen molar-refractivity contribution in [2.45, 2.75) is 47.3 Å². The average Bonchev–Trinajstić information content (AvgIpc) is 3.01. The molecule has 2 heterocycles. The maximum absolute atomic E-state index is 13.0. The summed E-state index contributed by atoms with van der Waals surface area (Å²) in [5, 5.41) is 11.0. The van der Waals surface area contributed by atoms with Crippen LogP contribution in [0, 0.1) is 0 Å². The largest absolute Gasteiger partial charge is 0.497 e. The molecule has 0 amide bonds. The number of carbonyl (C=O) groups is 1. The molecular weight excluding hydrogens is 438 g/mol. The molecule has 2 aliphatic heterocycles. The third-order valence-electron chi connectivity index (χ3n) is 6.79. The lowest BCUT2D eigenvalue weighted by Gasteiger charge is -2.35. The highest BCUT2D eigenvalue weighted by Gasteiger charge is 2.49. The van der Waals surface area contributed by atoms with E-state index in [2.05, 4.69) is 35.2 Å². The Balaban J connectivity index is 1.41. The molecule has 33 heavy (non-hydrogen) atoms. The molecule has 0 radical (unpaired) electrons. The minimum Gasteiger partial charge on any atom is -0.497 e. The number of ether oxygens (including phenoxy) is 3. The fourth-order valence-electron chi connectivity index (χ4n) is 4.83. The minimum absolute atomic E-state index is 0.0455. The molecule has 6 nitrogen and oxygen atoms in total. The monoisotopic (exact) mass is 471 g/mol. The molecule has 2 aliphatic rings. The smallest absolute Gasteiger partial charge is 0.325 e. The number of fused-ring (bicyclic) bond motifs is 1. The maximum Gasteiger partial charge on any atom is 0.325 e. The van der Waals surface area contributed by atoms with E-state index in [1.807, 2.05) is 18.2 Å². The van der Waals surface area contributed by atoms with E-state index in [0.29, 0.717) is 23.8 Å². The zero-order valence-corrected chi connectivity index (χ0v) is 20.2. The molecule has 4 rings (SSSR count). The van der Waals surface area contributed by atoms with Crippen molar-refractivity contribution in [3.8, 4) is 11.5 Å². The van der Waals surface area contributed by atoms with Crippen molar-refractivity contribution in [2.75, 3.05) is 40.5 Å². The molecule has 2 aromatic carbocycles. The van der Waals surface area contributed by atoms with Gasteiger partial charge in [-0.3, -0.25) is 4.79 Å². The van der Waals surface area contributed by atoms with Crippen LogP contribution in [0.4, 0.5) is 0 Å². The van der Waals surface area contributed by atoms with Crippen LogP contribution in [-0.4, -0.2) is 67.3 Å². The predicted molar refractivity (Wildman–Crippen MR) is 129 cm³/mol. The van der Waals surface area contributed by atoms with Gasteiger partial charge in [0.2, 0.25) is 0 Å². The third-order valence-corrected chi connectivity index (χ3v) is 8.34. The molecule has 0 spiro atoms. The van der Waals surface area contributed by atoms with Gasteiger partial charge in [-0.2, -0.15) is 0 Å². The van der Waals surface area contributed by atoms with Gasteiger partial charge in [-0.15, -0.1) is 11.8 Å². The number of aliphatic hydroxyl groups excluding tert-OH is 1. The van der Waals surface area contributed by atoms with Gasteiger partial charge in [0.1, 0.15) is 29.0 Å². The van der Waals surface area contributed by atoms with E-state index in [-0.39, 0.29) is 6.61 Å². The van der Waals surface area contributed by atoms with Crippen LogP contribution in [0.15, 0.2) is 53.4 Å². The number of rotatable bonds is 7. The molecule has 2 aromatic rings. The lowest BCUT2D eigenvalue weighted by atomic mass is 9.89. The Labute approximate surface area is 200 Å². The molecule has 7 heteroatoms. The van der Waals surface area contributed by atoms with E-state index in [9.17, 15) is 9.90 Å². The van der Waals surface area contributed by atoms with Crippen LogP contribution >= 0.6 is 11.8 Å². The summed E-state index contributed by atoms with van der Waals surface area (Å²) in [7, 11) is 2.98. The van der Waals surface area contributed by atoms with Gasteiger partial charge in [0, 0.05) is 0 Å². The standard InChI is InChI=1S/C26H33NO5S/c1-30-21-9-10-22-23(17-21)33-26(25(29)31-2,24(28)18-32-22)13-6-14-27-15-11-20(12-16-27)19-7-4-3-5-8-19/h3-5,7-10,17,20,24,28H,6,11-16,18H2,1-2H3. The fraction of sp³-hybridized carbons (Fsp3) is 0.500. The normalized spacial score (nSPS) is 23.8. The van der Waals surface area contributed by atoms with Crippen LogP contribution in [-0.2, 0) is 9.53 Å². The molecule has 1 N–H and O–H groups in total. The Hall–Kier alpha value is -2.22. The Bertz CT molecular complexity index is 932. The van der Waals surface area contributed by atoms with Crippen LogP contribution < -0.4 is 9.47 Å². The minimum atomic E-state index is -1.12. The van der Waals surface area contributed by atoms with Gasteiger partial charge in [-0.25, -0.2) is 0 Å². The molecule has 1 saturated heterocycles. The Morgan fingerprint density at radius 1 is 1.18 bits per heavy atom. The van der Waals surface area contributed by atoms with Crippen molar-refractivity contribution in [3.05, 3.63) is 54.1 Å². The van der Waals surface area contributed by atoms with Crippen LogP contribution in [0.2, 0.25) is 0 Å². The van der Waals surface area contributed by atoms with Crippen LogP contribution in [0.25, 0.3) is 0 Å². The molecule has 0 saturated carbocycles. The first-order valence-corrected chi connectivity index (χ1v) is 12.4. The number of hydrogen-bond acceptors (Lipinski definition) is 7. The second-order valence-corrected chi connectivity index (χ2v) is 10.1. The topological polar surface area (TPSA) is 68.2 Å². The van der Waals surface area contributed by atoms with E-state index in [0.717, 1.165) is 43.8 Å². The van der Waals surface area contributed by atoms with Gasteiger partial charge in [-0.05, 0) is 75.0 Å². The van der Waals surface area contributed by atoms with Gasteiger partial charge in [0.15, 0.2) is 0 Å². The van der Waals surface area contributed by atoms with Gasteiger partial charge in [0.25, 0.3) is 0 Å². The van der Waals surface area contributed by atoms with Crippen molar-refractivity contribution in [1.29, 1.82) is 0 Å². The van der Waals surface area contributed by atoms with E-state index >= 15 is 0 Å². The quantitative estimate of drug-likeness (QED) is 0.610. The lowest BCUT2D eigenvalue weighted by molar-refractivity contribution is -0.147. The van der Waals surface area contributed by atoms with E-state index < -0.39 is 16.8 Å². The van der Waals surface area contributed by atoms with Gasteiger partial charge < -0.3 is 24.2 Å². The summed E-state index contributed by atoms with van der Waals surface area (Å²) in [6, 6.07) is 16.2. The number of benzene rings is 2. The predicted octanol–water partition coefficient (Wildman–Crippen LogP) is 4.11. The molecule has 1 fully saturated rings. The molecule has 178 valence electrons. The van der Waals surface area contributed by atoms with E-state index in [4.69, 9.17) is 14.2 Å². The highest BCUT2D eigenvalue weighted by atomic mass is 32.2. The van der Waals surface area contributed by atoms with Crippen LogP contribution in [0.1, 0.15) is 37.2 Å². The van der Waals surface area contributed by atoms with Crippen LogP contribution in [0.5, 0.6) is 11.5 Å². The number of thioether (sulfide) groups is 1. The number of hydrogen-bond donors (Lipinski definition) is 1. The first-order chi connectivity index (χ1) is 16.1. The van der Waals surface area contributed by atoms with Crippen molar-refractivity contribution in [1.82, 2.24) is 4.90 Å². The van der Waals surface area contributed by atoms with Crippen molar-refractivity contribution < 1.29 is 24.1 Å².